The molecule has 2 rings (SSSR count). The van der Waals surface area contributed by atoms with Crippen molar-refractivity contribution < 1.29 is 19.1 Å². The van der Waals surface area contributed by atoms with Crippen molar-refractivity contribution in [3.63, 3.8) is 0 Å². The molecule has 0 heterocycles. The molecule has 0 radical (unpaired) electrons. The van der Waals surface area contributed by atoms with E-state index < -0.39 is 11.3 Å². The van der Waals surface area contributed by atoms with Crippen LogP contribution < -0.4 is 0 Å². The number of rotatable bonds is 5. The van der Waals surface area contributed by atoms with Crippen LogP contribution in [0.1, 0.15) is 25.8 Å². The van der Waals surface area contributed by atoms with E-state index in [1.165, 1.54) is 0 Å². The summed E-state index contributed by atoms with van der Waals surface area (Å²) in [5.41, 5.74) is -0.228. The molecule has 0 saturated heterocycles. The van der Waals surface area contributed by atoms with Crippen molar-refractivity contribution in [3.05, 3.63) is 34.9 Å². The van der Waals surface area contributed by atoms with E-state index >= 15 is 0 Å². The third-order valence-electron chi connectivity index (χ3n) is 3.51. The molecule has 1 aromatic rings. The summed E-state index contributed by atoms with van der Waals surface area (Å²) in [5, 5.41) is 0.528. The summed E-state index contributed by atoms with van der Waals surface area (Å²) in [6.07, 6.45) is 0.408. The van der Waals surface area contributed by atoms with Crippen molar-refractivity contribution in [1.29, 1.82) is 0 Å². The number of halogens is 1. The van der Waals surface area contributed by atoms with Crippen LogP contribution in [-0.2, 0) is 24.5 Å². The number of hydrogen-bond acceptors (Lipinski definition) is 4. The first-order valence-electron chi connectivity index (χ1n) is 6.66. The summed E-state index contributed by atoms with van der Waals surface area (Å²) >= 11 is 5.98. The summed E-state index contributed by atoms with van der Waals surface area (Å²) in [6, 6.07) is 6.99. The molecule has 1 aliphatic rings. The molecule has 1 saturated carbocycles. The molecule has 0 amide bonds. The lowest BCUT2D eigenvalue weighted by atomic mass is 9.93. The molecule has 1 aromatic carbocycles. The first-order valence-corrected chi connectivity index (χ1v) is 7.04. The van der Waals surface area contributed by atoms with Crippen molar-refractivity contribution >= 4 is 23.5 Å². The molecule has 108 valence electrons. The summed E-state index contributed by atoms with van der Waals surface area (Å²) in [5.74, 6) is -1.24. The van der Waals surface area contributed by atoms with Gasteiger partial charge in [0.25, 0.3) is 0 Å². The minimum Gasteiger partial charge on any atom is -0.466 e. The average Bonchev–Trinajstić information content (AvgIpc) is 3.16. The Labute approximate surface area is 123 Å². The van der Waals surface area contributed by atoms with Gasteiger partial charge in [0.05, 0.1) is 19.1 Å². The van der Waals surface area contributed by atoms with Gasteiger partial charge in [-0.3, -0.25) is 9.59 Å². The Morgan fingerprint density at radius 1 is 1.30 bits per heavy atom. The highest BCUT2D eigenvalue weighted by atomic mass is 35.5. The van der Waals surface area contributed by atoms with Crippen LogP contribution >= 0.6 is 11.6 Å². The zero-order valence-corrected chi connectivity index (χ0v) is 12.3. The minimum absolute atomic E-state index is 0.274. The van der Waals surface area contributed by atoms with Crippen LogP contribution in [0.5, 0.6) is 0 Å². The predicted molar refractivity (Wildman–Crippen MR) is 74.5 cm³/mol. The monoisotopic (exact) mass is 296 g/mol. The van der Waals surface area contributed by atoms with E-state index in [0.29, 0.717) is 23.6 Å². The Balaban J connectivity index is 2.33. The summed E-state index contributed by atoms with van der Waals surface area (Å²) in [6.45, 7) is 4.05. The lowest BCUT2D eigenvalue weighted by Crippen LogP contribution is -2.28. The lowest BCUT2D eigenvalue weighted by Gasteiger charge is -2.16. The zero-order chi connectivity index (χ0) is 14.8. The van der Waals surface area contributed by atoms with E-state index in [-0.39, 0.29) is 18.5 Å². The average molecular weight is 297 g/mol. The number of esters is 2. The van der Waals surface area contributed by atoms with Crippen molar-refractivity contribution in [2.24, 2.45) is 5.92 Å². The molecule has 0 bridgehead atoms. The van der Waals surface area contributed by atoms with Crippen molar-refractivity contribution in [1.82, 2.24) is 0 Å². The van der Waals surface area contributed by atoms with Gasteiger partial charge in [-0.2, -0.15) is 0 Å². The van der Waals surface area contributed by atoms with E-state index in [2.05, 4.69) is 0 Å². The van der Waals surface area contributed by atoms with Crippen molar-refractivity contribution in [2.75, 3.05) is 13.2 Å². The molecule has 1 fully saturated rings. The van der Waals surface area contributed by atoms with E-state index in [1.54, 1.807) is 38.1 Å². The molecular weight excluding hydrogens is 280 g/mol. The van der Waals surface area contributed by atoms with E-state index in [9.17, 15) is 9.59 Å². The molecule has 1 aliphatic carbocycles. The molecule has 0 aromatic heterocycles. The van der Waals surface area contributed by atoms with Crippen molar-refractivity contribution in [2.45, 2.75) is 25.7 Å². The maximum Gasteiger partial charge on any atom is 0.317 e. The summed E-state index contributed by atoms with van der Waals surface area (Å²) in [7, 11) is 0. The normalized spacial score (nSPS) is 24.1. The highest BCUT2D eigenvalue weighted by molar-refractivity contribution is 6.30. The number of ether oxygens (including phenoxy) is 2. The second-order valence-corrected chi connectivity index (χ2v) is 5.15. The zero-order valence-electron chi connectivity index (χ0n) is 11.5. The Morgan fingerprint density at radius 3 is 2.60 bits per heavy atom. The third kappa shape index (κ3) is 2.52. The predicted octanol–water partition coefficient (Wildman–Crippen LogP) is 2.72. The Kier molecular flexibility index (Phi) is 4.33. The Morgan fingerprint density at radius 2 is 2.00 bits per heavy atom. The second-order valence-electron chi connectivity index (χ2n) is 4.71. The smallest absolute Gasteiger partial charge is 0.317 e. The fourth-order valence-corrected chi connectivity index (χ4v) is 2.67. The lowest BCUT2D eigenvalue weighted by molar-refractivity contribution is -0.152. The number of benzene rings is 1. The van der Waals surface area contributed by atoms with Gasteiger partial charge in [-0.25, -0.2) is 0 Å². The maximum atomic E-state index is 12.3. The van der Waals surface area contributed by atoms with E-state index in [1.807, 2.05) is 0 Å². The highest BCUT2D eigenvalue weighted by Crippen LogP contribution is 2.56. The van der Waals surface area contributed by atoms with Crippen molar-refractivity contribution in [3.8, 4) is 0 Å². The summed E-state index contributed by atoms with van der Waals surface area (Å²) in [4.78, 5) is 24.2. The first kappa shape index (κ1) is 14.9. The van der Waals surface area contributed by atoms with Crippen LogP contribution in [0, 0.1) is 5.92 Å². The van der Waals surface area contributed by atoms with Gasteiger partial charge in [0.2, 0.25) is 0 Å². The Hall–Kier alpha value is -1.55. The standard InChI is InChI=1S/C15H17ClO4/c1-3-19-13(17)12-9-15(12,14(18)20-4-2)10-6-5-7-11(16)8-10/h5-8,12H,3-4,9H2,1-2H3/t12-,15+/m1/s1. The Bertz CT molecular complexity index is 528. The van der Waals surface area contributed by atoms with Gasteiger partial charge < -0.3 is 9.47 Å². The van der Waals surface area contributed by atoms with Crippen LogP contribution in [-0.4, -0.2) is 25.2 Å². The third-order valence-corrected chi connectivity index (χ3v) is 3.75. The molecule has 0 N–H and O–H groups in total. The van der Waals surface area contributed by atoms with E-state index in [4.69, 9.17) is 21.1 Å². The fraction of sp³-hybridized carbons (Fsp3) is 0.467. The largest absolute Gasteiger partial charge is 0.466 e. The van der Waals surface area contributed by atoms with Gasteiger partial charge in [0.1, 0.15) is 5.41 Å². The molecule has 5 heteroatoms. The van der Waals surface area contributed by atoms with E-state index in [0.717, 1.165) is 0 Å². The fourth-order valence-electron chi connectivity index (χ4n) is 2.48. The van der Waals surface area contributed by atoms with Crippen LogP contribution in [0.4, 0.5) is 0 Å². The van der Waals surface area contributed by atoms with Crippen LogP contribution in [0.15, 0.2) is 24.3 Å². The van der Waals surface area contributed by atoms with Gasteiger partial charge in [0, 0.05) is 5.02 Å². The summed E-state index contributed by atoms with van der Waals surface area (Å²) < 4.78 is 10.2. The maximum absolute atomic E-state index is 12.3. The van der Waals surface area contributed by atoms with Gasteiger partial charge in [-0.05, 0) is 38.0 Å². The molecule has 2 atom stereocenters. The van der Waals surface area contributed by atoms with Gasteiger partial charge >= 0.3 is 11.9 Å². The number of carbonyl (C=O) groups excluding carboxylic acids is 2. The molecule has 0 spiro atoms. The quantitative estimate of drug-likeness (QED) is 0.784. The second kappa shape index (κ2) is 5.83. The molecule has 0 aliphatic heterocycles. The van der Waals surface area contributed by atoms with Gasteiger partial charge in [-0.15, -0.1) is 0 Å². The van der Waals surface area contributed by atoms with Crippen LogP contribution in [0.25, 0.3) is 0 Å². The highest BCUT2D eigenvalue weighted by Gasteiger charge is 2.66. The molecule has 0 unspecified atom stereocenters. The topological polar surface area (TPSA) is 52.6 Å². The van der Waals surface area contributed by atoms with Crippen LogP contribution in [0.3, 0.4) is 0 Å². The SMILES string of the molecule is CCOC(=O)[C@H]1C[C@]1(C(=O)OCC)c1cccc(Cl)c1. The van der Waals surface area contributed by atoms with Crippen LogP contribution in [0.2, 0.25) is 5.02 Å². The molecular formula is C15H17ClO4. The number of hydrogen-bond donors (Lipinski definition) is 0. The van der Waals surface area contributed by atoms with Gasteiger partial charge in [-0.1, -0.05) is 23.7 Å². The number of carbonyl (C=O) groups is 2. The molecule has 20 heavy (non-hydrogen) atoms. The molecule has 4 nitrogen and oxygen atoms in total. The van der Waals surface area contributed by atoms with Gasteiger partial charge in [0.15, 0.2) is 0 Å². The minimum atomic E-state index is -0.937. The first-order chi connectivity index (χ1) is 9.56.